The van der Waals surface area contributed by atoms with Gasteiger partial charge in [0.1, 0.15) is 0 Å². The van der Waals surface area contributed by atoms with Gasteiger partial charge in [-0.25, -0.2) is 0 Å². The first-order chi connectivity index (χ1) is 5.11. The average molecular weight is 156 g/mol. The third-order valence-electron chi connectivity index (χ3n) is 2.85. The molecule has 2 heteroatoms. The van der Waals surface area contributed by atoms with Crippen LogP contribution in [0.2, 0.25) is 0 Å². The molecule has 0 saturated carbocycles. The Balaban J connectivity index is 2.44. The fourth-order valence-corrected chi connectivity index (χ4v) is 2.15. The lowest BCUT2D eigenvalue weighted by molar-refractivity contribution is 0.140. The van der Waals surface area contributed by atoms with Crippen molar-refractivity contribution >= 4 is 0 Å². The molecule has 1 fully saturated rings. The summed E-state index contributed by atoms with van der Waals surface area (Å²) in [5, 5.41) is 0. The molecule has 1 aliphatic rings. The molecule has 0 aliphatic carbocycles. The molecule has 0 aromatic carbocycles. The van der Waals surface area contributed by atoms with Gasteiger partial charge in [0.2, 0.25) is 0 Å². The standard InChI is InChI=1S/C9H20N2/c1-7-6-11(3)5-4-9(7)8(2)10/h7-9H,4-6,10H2,1-3H3. The lowest BCUT2D eigenvalue weighted by Gasteiger charge is -2.36. The maximum Gasteiger partial charge on any atom is 0.00422 e. The molecule has 11 heavy (non-hydrogen) atoms. The number of likely N-dealkylation sites (tertiary alicyclic amines) is 1. The van der Waals surface area contributed by atoms with Gasteiger partial charge in [0.05, 0.1) is 0 Å². The normalized spacial score (nSPS) is 37.1. The van der Waals surface area contributed by atoms with Crippen LogP contribution in [-0.4, -0.2) is 31.1 Å². The minimum atomic E-state index is 0.374. The SMILES string of the molecule is CC(N)C1CCN(C)CC1C. The summed E-state index contributed by atoms with van der Waals surface area (Å²) < 4.78 is 0. The van der Waals surface area contributed by atoms with Gasteiger partial charge in [-0.3, -0.25) is 0 Å². The first-order valence-electron chi connectivity index (χ1n) is 4.55. The van der Waals surface area contributed by atoms with Crippen molar-refractivity contribution in [2.45, 2.75) is 26.3 Å². The van der Waals surface area contributed by atoms with E-state index in [2.05, 4.69) is 25.8 Å². The third-order valence-corrected chi connectivity index (χ3v) is 2.85. The Bertz CT molecular complexity index is 123. The van der Waals surface area contributed by atoms with E-state index in [9.17, 15) is 0 Å². The molecule has 3 unspecified atom stereocenters. The molecule has 1 heterocycles. The highest BCUT2D eigenvalue weighted by atomic mass is 15.1. The van der Waals surface area contributed by atoms with Gasteiger partial charge in [-0.2, -0.15) is 0 Å². The zero-order valence-electron chi connectivity index (χ0n) is 7.88. The smallest absolute Gasteiger partial charge is 0.00422 e. The fraction of sp³-hybridized carbons (Fsp3) is 1.00. The molecule has 1 saturated heterocycles. The molecular formula is C9H20N2. The molecule has 0 spiro atoms. The van der Waals surface area contributed by atoms with E-state index in [1.807, 2.05) is 0 Å². The van der Waals surface area contributed by atoms with Crippen molar-refractivity contribution in [2.24, 2.45) is 17.6 Å². The van der Waals surface area contributed by atoms with Crippen LogP contribution >= 0.6 is 0 Å². The maximum atomic E-state index is 5.88. The predicted molar refractivity (Wildman–Crippen MR) is 48.4 cm³/mol. The second kappa shape index (κ2) is 3.55. The Morgan fingerprint density at radius 3 is 2.64 bits per heavy atom. The van der Waals surface area contributed by atoms with Crippen LogP contribution in [0.25, 0.3) is 0 Å². The van der Waals surface area contributed by atoms with Crippen molar-refractivity contribution in [3.05, 3.63) is 0 Å². The summed E-state index contributed by atoms with van der Waals surface area (Å²) in [7, 11) is 2.19. The summed E-state index contributed by atoms with van der Waals surface area (Å²) in [6.45, 7) is 6.87. The van der Waals surface area contributed by atoms with Crippen molar-refractivity contribution < 1.29 is 0 Å². The van der Waals surface area contributed by atoms with E-state index < -0.39 is 0 Å². The summed E-state index contributed by atoms with van der Waals surface area (Å²) >= 11 is 0. The van der Waals surface area contributed by atoms with Crippen molar-refractivity contribution in [3.63, 3.8) is 0 Å². The molecule has 2 N–H and O–H groups in total. The van der Waals surface area contributed by atoms with E-state index in [0.717, 1.165) is 11.8 Å². The number of hydrogen-bond acceptors (Lipinski definition) is 2. The fourth-order valence-electron chi connectivity index (χ4n) is 2.15. The number of nitrogens with zero attached hydrogens (tertiary/aromatic N) is 1. The van der Waals surface area contributed by atoms with Gasteiger partial charge < -0.3 is 10.6 Å². The van der Waals surface area contributed by atoms with E-state index in [0.29, 0.717) is 6.04 Å². The number of rotatable bonds is 1. The summed E-state index contributed by atoms with van der Waals surface area (Å²) in [4.78, 5) is 2.39. The van der Waals surface area contributed by atoms with Crippen LogP contribution in [0.4, 0.5) is 0 Å². The van der Waals surface area contributed by atoms with Crippen molar-refractivity contribution in [2.75, 3.05) is 20.1 Å². The van der Waals surface area contributed by atoms with Gasteiger partial charge in [-0.15, -0.1) is 0 Å². The topological polar surface area (TPSA) is 29.3 Å². The van der Waals surface area contributed by atoms with Crippen LogP contribution in [0, 0.1) is 11.8 Å². The van der Waals surface area contributed by atoms with Crippen LogP contribution in [0.1, 0.15) is 20.3 Å². The van der Waals surface area contributed by atoms with Crippen LogP contribution < -0.4 is 5.73 Å². The maximum absolute atomic E-state index is 5.88. The van der Waals surface area contributed by atoms with Crippen molar-refractivity contribution in [3.8, 4) is 0 Å². The predicted octanol–water partition coefficient (Wildman–Crippen LogP) is 0.921. The van der Waals surface area contributed by atoms with Gasteiger partial charge in [0, 0.05) is 12.6 Å². The summed E-state index contributed by atoms with van der Waals surface area (Å²) in [5.41, 5.74) is 5.88. The lowest BCUT2D eigenvalue weighted by Crippen LogP contribution is -2.43. The van der Waals surface area contributed by atoms with Crippen LogP contribution in [0.5, 0.6) is 0 Å². The number of nitrogens with two attached hydrogens (primary N) is 1. The second-order valence-corrected chi connectivity index (χ2v) is 4.05. The Kier molecular flexibility index (Phi) is 2.90. The van der Waals surface area contributed by atoms with Crippen LogP contribution in [0.3, 0.4) is 0 Å². The Labute approximate surface area is 69.8 Å². The quantitative estimate of drug-likeness (QED) is 0.612. The molecule has 0 radical (unpaired) electrons. The zero-order chi connectivity index (χ0) is 8.43. The Morgan fingerprint density at radius 1 is 1.55 bits per heavy atom. The minimum absolute atomic E-state index is 0.374. The highest BCUT2D eigenvalue weighted by Gasteiger charge is 2.26. The second-order valence-electron chi connectivity index (χ2n) is 4.05. The van der Waals surface area contributed by atoms with E-state index >= 15 is 0 Å². The summed E-state index contributed by atoms with van der Waals surface area (Å²) in [6, 6.07) is 0.374. The highest BCUT2D eigenvalue weighted by molar-refractivity contribution is 4.80. The summed E-state index contributed by atoms with van der Waals surface area (Å²) in [5.74, 6) is 1.51. The molecule has 1 aliphatic heterocycles. The van der Waals surface area contributed by atoms with E-state index in [1.54, 1.807) is 0 Å². The molecular weight excluding hydrogens is 136 g/mol. The largest absolute Gasteiger partial charge is 0.328 e. The lowest BCUT2D eigenvalue weighted by atomic mass is 9.82. The Hall–Kier alpha value is -0.0800. The molecule has 1 rings (SSSR count). The van der Waals surface area contributed by atoms with Gasteiger partial charge in [0.15, 0.2) is 0 Å². The van der Waals surface area contributed by atoms with Crippen molar-refractivity contribution in [1.29, 1.82) is 0 Å². The van der Waals surface area contributed by atoms with E-state index in [-0.39, 0.29) is 0 Å². The molecule has 0 bridgehead atoms. The molecule has 0 amide bonds. The van der Waals surface area contributed by atoms with Crippen LogP contribution in [0.15, 0.2) is 0 Å². The molecule has 66 valence electrons. The molecule has 3 atom stereocenters. The third kappa shape index (κ3) is 2.17. The molecule has 2 nitrogen and oxygen atoms in total. The minimum Gasteiger partial charge on any atom is -0.328 e. The average Bonchev–Trinajstić information content (AvgIpc) is 1.85. The van der Waals surface area contributed by atoms with Crippen molar-refractivity contribution in [1.82, 2.24) is 4.90 Å². The molecule has 0 aromatic rings. The summed E-state index contributed by atoms with van der Waals surface area (Å²) in [6.07, 6.45) is 1.27. The van der Waals surface area contributed by atoms with Gasteiger partial charge >= 0.3 is 0 Å². The highest BCUT2D eigenvalue weighted by Crippen LogP contribution is 2.24. The Morgan fingerprint density at radius 2 is 2.18 bits per heavy atom. The van der Waals surface area contributed by atoms with Gasteiger partial charge in [-0.05, 0) is 38.8 Å². The monoisotopic (exact) mass is 156 g/mol. The van der Waals surface area contributed by atoms with E-state index in [1.165, 1.54) is 19.5 Å². The zero-order valence-corrected chi connectivity index (χ0v) is 7.88. The first kappa shape index (κ1) is 9.01. The van der Waals surface area contributed by atoms with Gasteiger partial charge in [-0.1, -0.05) is 6.92 Å². The molecule has 0 aromatic heterocycles. The number of hydrogen-bond donors (Lipinski definition) is 1. The van der Waals surface area contributed by atoms with Gasteiger partial charge in [0.25, 0.3) is 0 Å². The number of piperidine rings is 1. The van der Waals surface area contributed by atoms with Crippen LogP contribution in [-0.2, 0) is 0 Å². The van der Waals surface area contributed by atoms with E-state index in [4.69, 9.17) is 5.73 Å². The first-order valence-corrected chi connectivity index (χ1v) is 4.55.